The Kier molecular flexibility index (Phi) is 6.14. The minimum absolute atomic E-state index is 0.0683. The molecule has 1 fully saturated rings. The van der Waals surface area contributed by atoms with Crippen LogP contribution < -0.4 is 10.7 Å². The van der Waals surface area contributed by atoms with Crippen LogP contribution in [0.25, 0.3) is 0 Å². The molecule has 148 valence electrons. The van der Waals surface area contributed by atoms with E-state index < -0.39 is 5.91 Å². The van der Waals surface area contributed by atoms with Crippen LogP contribution in [0.15, 0.2) is 29.4 Å². The number of rotatable bonds is 5. The van der Waals surface area contributed by atoms with Gasteiger partial charge in [0.2, 0.25) is 5.91 Å². The zero-order chi connectivity index (χ0) is 20.3. The van der Waals surface area contributed by atoms with Crippen LogP contribution >= 0.6 is 11.6 Å². The Hall–Kier alpha value is -2.67. The highest BCUT2D eigenvalue weighted by Crippen LogP contribution is 2.26. The Labute approximate surface area is 169 Å². The second kappa shape index (κ2) is 8.56. The van der Waals surface area contributed by atoms with Gasteiger partial charge in [-0.25, -0.2) is 5.43 Å². The maximum atomic E-state index is 12.4. The Morgan fingerprint density at radius 3 is 2.64 bits per heavy atom. The summed E-state index contributed by atoms with van der Waals surface area (Å²) in [5.74, 6) is -0.262. The van der Waals surface area contributed by atoms with E-state index >= 15 is 0 Å². The number of nitrogens with one attached hydrogen (secondary N) is 2. The number of carbonyl (C=O) groups is 2. The monoisotopic (exact) mass is 401 g/mol. The van der Waals surface area contributed by atoms with E-state index in [1.165, 1.54) is 4.68 Å². The minimum atomic E-state index is -0.432. The van der Waals surface area contributed by atoms with Gasteiger partial charge in [-0.2, -0.15) is 10.2 Å². The summed E-state index contributed by atoms with van der Waals surface area (Å²) < 4.78 is 1.43. The number of hydrogen-bond donors (Lipinski definition) is 2. The fourth-order valence-corrected chi connectivity index (χ4v) is 3.63. The van der Waals surface area contributed by atoms with Crippen LogP contribution in [0.4, 0.5) is 5.69 Å². The number of aryl methyl sites for hydroxylation is 2. The van der Waals surface area contributed by atoms with Crippen molar-refractivity contribution in [3.63, 3.8) is 0 Å². The van der Waals surface area contributed by atoms with E-state index in [9.17, 15) is 9.59 Å². The number of hydrogen-bond acceptors (Lipinski definition) is 4. The molecular weight excluding hydrogens is 378 g/mol. The first-order valence-electron chi connectivity index (χ1n) is 9.32. The van der Waals surface area contributed by atoms with E-state index in [4.69, 9.17) is 11.6 Å². The van der Waals surface area contributed by atoms with Crippen LogP contribution in [0.3, 0.4) is 0 Å². The number of anilines is 1. The molecule has 3 rings (SSSR count). The number of amides is 2. The summed E-state index contributed by atoms with van der Waals surface area (Å²) in [6.45, 7) is 3.52. The lowest BCUT2D eigenvalue weighted by Gasteiger charge is -2.11. The maximum absolute atomic E-state index is 12.4. The number of halogens is 1. The van der Waals surface area contributed by atoms with Crippen LogP contribution in [0.1, 0.15) is 54.4 Å². The smallest absolute Gasteiger partial charge is 0.291 e. The van der Waals surface area contributed by atoms with E-state index in [-0.39, 0.29) is 17.5 Å². The van der Waals surface area contributed by atoms with Gasteiger partial charge in [-0.15, -0.1) is 0 Å². The summed E-state index contributed by atoms with van der Waals surface area (Å²) in [6, 6.07) is 7.42. The second-order valence-corrected chi connectivity index (χ2v) is 7.44. The first kappa shape index (κ1) is 20.1. The van der Waals surface area contributed by atoms with Gasteiger partial charge in [-0.1, -0.05) is 36.6 Å². The summed E-state index contributed by atoms with van der Waals surface area (Å²) in [6.07, 6.45) is 4.13. The fraction of sp³-hybridized carbons (Fsp3) is 0.400. The lowest BCUT2D eigenvalue weighted by molar-refractivity contribution is -0.119. The zero-order valence-electron chi connectivity index (χ0n) is 16.3. The molecule has 0 saturated heterocycles. The fourth-order valence-electron chi connectivity index (χ4n) is 3.39. The molecule has 0 radical (unpaired) electrons. The van der Waals surface area contributed by atoms with Gasteiger partial charge in [-0.05, 0) is 44.4 Å². The molecule has 8 heteroatoms. The standard InChI is InChI=1S/C20H24ClN5O2/c1-12(23-24-20(28)18-17(21)13(2)25-26(18)3)15-9-6-10-16(11-15)22-19(27)14-7-4-5-8-14/h6,9-11,14H,4-5,7-8H2,1-3H3,(H,22,27)(H,24,28)/b23-12-. The van der Waals surface area contributed by atoms with Crippen molar-refractivity contribution in [1.29, 1.82) is 0 Å². The lowest BCUT2D eigenvalue weighted by Crippen LogP contribution is -2.22. The molecule has 0 unspecified atom stereocenters. The average Bonchev–Trinajstić information content (AvgIpc) is 3.28. The molecule has 1 heterocycles. The van der Waals surface area contributed by atoms with E-state index in [1.807, 2.05) is 24.3 Å². The van der Waals surface area contributed by atoms with Crippen molar-refractivity contribution in [2.45, 2.75) is 39.5 Å². The van der Waals surface area contributed by atoms with Gasteiger partial charge >= 0.3 is 0 Å². The van der Waals surface area contributed by atoms with Crippen LogP contribution in [-0.4, -0.2) is 27.3 Å². The van der Waals surface area contributed by atoms with Crippen molar-refractivity contribution in [3.8, 4) is 0 Å². The molecule has 0 bridgehead atoms. The number of aromatic nitrogens is 2. The van der Waals surface area contributed by atoms with E-state index in [0.29, 0.717) is 16.4 Å². The summed E-state index contributed by atoms with van der Waals surface area (Å²) in [7, 11) is 1.65. The van der Waals surface area contributed by atoms with Gasteiger partial charge in [0.25, 0.3) is 5.91 Å². The largest absolute Gasteiger partial charge is 0.326 e. The number of nitrogens with zero attached hydrogens (tertiary/aromatic N) is 3. The van der Waals surface area contributed by atoms with Crippen LogP contribution in [0.2, 0.25) is 5.02 Å². The topological polar surface area (TPSA) is 88.4 Å². The second-order valence-electron chi connectivity index (χ2n) is 7.06. The quantitative estimate of drug-likeness (QED) is 0.591. The molecule has 1 aliphatic rings. The summed E-state index contributed by atoms with van der Waals surface area (Å²) in [5.41, 5.74) is 5.49. The highest BCUT2D eigenvalue weighted by Gasteiger charge is 2.22. The third kappa shape index (κ3) is 4.42. The molecule has 2 N–H and O–H groups in total. The van der Waals surface area contributed by atoms with Crippen LogP contribution in [0.5, 0.6) is 0 Å². The van der Waals surface area contributed by atoms with Crippen molar-refractivity contribution in [1.82, 2.24) is 15.2 Å². The van der Waals surface area contributed by atoms with E-state index in [1.54, 1.807) is 20.9 Å². The molecular formula is C20H24ClN5O2. The predicted octanol–water partition coefficient (Wildman–Crippen LogP) is 3.66. The first-order valence-corrected chi connectivity index (χ1v) is 9.69. The normalized spacial score (nSPS) is 14.9. The van der Waals surface area contributed by atoms with Crippen molar-refractivity contribution in [2.75, 3.05) is 5.32 Å². The Morgan fingerprint density at radius 2 is 2.00 bits per heavy atom. The highest BCUT2D eigenvalue weighted by atomic mass is 35.5. The molecule has 1 saturated carbocycles. The zero-order valence-corrected chi connectivity index (χ0v) is 17.0. The average molecular weight is 402 g/mol. The molecule has 1 aromatic carbocycles. The summed E-state index contributed by atoms with van der Waals surface area (Å²) in [4.78, 5) is 24.7. The molecule has 1 aromatic heterocycles. The molecule has 7 nitrogen and oxygen atoms in total. The van der Waals surface area contributed by atoms with Gasteiger partial charge in [0.15, 0.2) is 0 Å². The molecule has 0 aliphatic heterocycles. The van der Waals surface area contributed by atoms with E-state index in [2.05, 4.69) is 20.9 Å². The van der Waals surface area contributed by atoms with Gasteiger partial charge < -0.3 is 5.32 Å². The molecule has 2 amide bonds. The van der Waals surface area contributed by atoms with Crippen LogP contribution in [-0.2, 0) is 11.8 Å². The lowest BCUT2D eigenvalue weighted by atomic mass is 10.1. The molecule has 0 spiro atoms. The minimum Gasteiger partial charge on any atom is -0.326 e. The van der Waals surface area contributed by atoms with Crippen molar-refractivity contribution in [2.24, 2.45) is 18.1 Å². The molecule has 0 atom stereocenters. The summed E-state index contributed by atoms with van der Waals surface area (Å²) >= 11 is 6.13. The maximum Gasteiger partial charge on any atom is 0.291 e. The molecule has 2 aromatic rings. The molecule has 28 heavy (non-hydrogen) atoms. The number of benzene rings is 1. The highest BCUT2D eigenvalue weighted by molar-refractivity contribution is 6.34. The van der Waals surface area contributed by atoms with Crippen molar-refractivity contribution >= 4 is 34.8 Å². The van der Waals surface area contributed by atoms with Gasteiger partial charge in [-0.3, -0.25) is 14.3 Å². The number of hydrazone groups is 1. The molecule has 1 aliphatic carbocycles. The Balaban J connectivity index is 1.68. The number of carbonyl (C=O) groups excluding carboxylic acids is 2. The van der Waals surface area contributed by atoms with Gasteiger partial charge in [0, 0.05) is 18.7 Å². The van der Waals surface area contributed by atoms with Gasteiger partial charge in [0.05, 0.1) is 16.4 Å². The van der Waals surface area contributed by atoms with E-state index in [0.717, 1.165) is 36.9 Å². The van der Waals surface area contributed by atoms with Crippen molar-refractivity contribution in [3.05, 3.63) is 46.2 Å². The third-order valence-electron chi connectivity index (χ3n) is 4.96. The van der Waals surface area contributed by atoms with Crippen LogP contribution in [0, 0.1) is 12.8 Å². The Morgan fingerprint density at radius 1 is 1.29 bits per heavy atom. The third-order valence-corrected chi connectivity index (χ3v) is 5.42. The first-order chi connectivity index (χ1) is 13.4. The van der Waals surface area contributed by atoms with Crippen molar-refractivity contribution < 1.29 is 9.59 Å². The predicted molar refractivity (Wildman–Crippen MR) is 110 cm³/mol. The summed E-state index contributed by atoms with van der Waals surface area (Å²) in [5, 5.41) is 11.6. The van der Waals surface area contributed by atoms with Gasteiger partial charge in [0.1, 0.15) is 5.69 Å². The SMILES string of the molecule is C/C(=N/NC(=O)c1c(Cl)c(C)nn1C)c1cccc(NC(=O)C2CCCC2)c1. The Bertz CT molecular complexity index is 929.